The van der Waals surface area contributed by atoms with E-state index >= 15 is 0 Å². The molecule has 1 aliphatic rings. The normalized spacial score (nSPS) is 14.7. The van der Waals surface area contributed by atoms with Crippen molar-refractivity contribution in [1.29, 1.82) is 0 Å². The van der Waals surface area contributed by atoms with Crippen molar-refractivity contribution in [2.75, 3.05) is 15.9 Å². The zero-order valence-electron chi connectivity index (χ0n) is 18.8. The molecule has 1 aromatic heterocycles. The standard InChI is InChI=1S/C24H24N4O4S/c1-24(2,3)23-25-20-13-16(15-5-8-17(9-6-15)27-33(4,31)32)7-10-19(20)22(26-23)28-12-11-18(29)14-21(28)30/h5-13,27H,14H2,1-4H3. The first-order valence-corrected chi connectivity index (χ1v) is 12.2. The Labute approximate surface area is 192 Å². The quantitative estimate of drug-likeness (QED) is 0.589. The summed E-state index contributed by atoms with van der Waals surface area (Å²) >= 11 is 0. The molecule has 0 atom stereocenters. The van der Waals surface area contributed by atoms with Crippen molar-refractivity contribution in [3.63, 3.8) is 0 Å². The van der Waals surface area contributed by atoms with Crippen molar-refractivity contribution in [2.45, 2.75) is 32.6 Å². The van der Waals surface area contributed by atoms with Crippen LogP contribution in [0, 0.1) is 0 Å². The second-order valence-electron chi connectivity index (χ2n) is 9.03. The Balaban J connectivity index is 1.82. The molecule has 9 heteroatoms. The van der Waals surface area contributed by atoms with Crippen LogP contribution in [0.15, 0.2) is 54.7 Å². The first-order chi connectivity index (χ1) is 15.4. The first-order valence-electron chi connectivity index (χ1n) is 10.3. The smallest absolute Gasteiger partial charge is 0.240 e. The van der Waals surface area contributed by atoms with E-state index in [0.717, 1.165) is 17.4 Å². The summed E-state index contributed by atoms with van der Waals surface area (Å²) in [7, 11) is -3.35. The van der Waals surface area contributed by atoms with E-state index in [4.69, 9.17) is 4.98 Å². The molecule has 0 spiro atoms. The number of carbonyl (C=O) groups excluding carboxylic acids is 2. The van der Waals surface area contributed by atoms with Crippen LogP contribution in [0.4, 0.5) is 11.5 Å². The van der Waals surface area contributed by atoms with Gasteiger partial charge in [0.25, 0.3) is 0 Å². The highest BCUT2D eigenvalue weighted by Gasteiger charge is 2.27. The molecule has 0 fully saturated rings. The summed E-state index contributed by atoms with van der Waals surface area (Å²) in [4.78, 5) is 35.1. The van der Waals surface area contributed by atoms with Crippen LogP contribution < -0.4 is 9.62 Å². The summed E-state index contributed by atoms with van der Waals surface area (Å²) in [6, 6.07) is 12.7. The van der Waals surface area contributed by atoms with Gasteiger partial charge in [0, 0.05) is 22.7 Å². The zero-order valence-corrected chi connectivity index (χ0v) is 19.6. The van der Waals surface area contributed by atoms with Gasteiger partial charge in [0.05, 0.1) is 18.2 Å². The number of rotatable bonds is 4. The SMILES string of the molecule is CC(C)(C)c1nc(N2C=CC(=O)CC2=O)c2ccc(-c3ccc(NS(C)(=O)=O)cc3)cc2n1. The predicted molar refractivity (Wildman–Crippen MR) is 128 cm³/mol. The van der Waals surface area contributed by atoms with Crippen LogP contribution in [-0.2, 0) is 25.0 Å². The Kier molecular flexibility index (Phi) is 5.53. The van der Waals surface area contributed by atoms with Crippen LogP contribution in [0.25, 0.3) is 22.0 Å². The second kappa shape index (κ2) is 8.08. The summed E-state index contributed by atoms with van der Waals surface area (Å²) in [5, 5.41) is 0.689. The number of nitrogens with one attached hydrogen (secondary N) is 1. The third-order valence-corrected chi connectivity index (χ3v) is 5.71. The fourth-order valence-electron chi connectivity index (χ4n) is 3.48. The van der Waals surface area contributed by atoms with Gasteiger partial charge in [-0.1, -0.05) is 39.0 Å². The van der Waals surface area contributed by atoms with Crippen molar-refractivity contribution in [3.8, 4) is 11.1 Å². The van der Waals surface area contributed by atoms with Crippen LogP contribution >= 0.6 is 0 Å². The molecule has 0 aliphatic carbocycles. The van der Waals surface area contributed by atoms with Crippen LogP contribution in [0.2, 0.25) is 0 Å². The molecule has 3 aromatic rings. The van der Waals surface area contributed by atoms with E-state index < -0.39 is 10.0 Å². The summed E-state index contributed by atoms with van der Waals surface area (Å²) < 4.78 is 25.3. The van der Waals surface area contributed by atoms with E-state index in [1.54, 1.807) is 12.1 Å². The van der Waals surface area contributed by atoms with Crippen LogP contribution in [0.5, 0.6) is 0 Å². The van der Waals surface area contributed by atoms with Crippen molar-refractivity contribution >= 4 is 44.1 Å². The Morgan fingerprint density at radius 2 is 1.64 bits per heavy atom. The van der Waals surface area contributed by atoms with Gasteiger partial charge >= 0.3 is 0 Å². The van der Waals surface area contributed by atoms with Gasteiger partial charge in [0.15, 0.2) is 11.6 Å². The minimum atomic E-state index is -3.35. The maximum Gasteiger partial charge on any atom is 0.240 e. The molecule has 8 nitrogen and oxygen atoms in total. The van der Waals surface area contributed by atoms with Gasteiger partial charge in [-0.2, -0.15) is 0 Å². The number of amides is 1. The lowest BCUT2D eigenvalue weighted by atomic mass is 9.95. The molecular weight excluding hydrogens is 440 g/mol. The van der Waals surface area contributed by atoms with Gasteiger partial charge in [-0.25, -0.2) is 18.4 Å². The fraction of sp³-hybridized carbons (Fsp3) is 0.250. The van der Waals surface area contributed by atoms with Crippen LogP contribution in [0.3, 0.4) is 0 Å². The van der Waals surface area contributed by atoms with Gasteiger partial charge in [-0.05, 0) is 41.5 Å². The minimum absolute atomic E-state index is 0.196. The Morgan fingerprint density at radius 1 is 0.970 bits per heavy atom. The number of nitrogens with zero attached hydrogens (tertiary/aromatic N) is 3. The zero-order chi connectivity index (χ0) is 24.0. The van der Waals surface area contributed by atoms with Crippen LogP contribution in [-0.4, -0.2) is 36.3 Å². The van der Waals surface area contributed by atoms with Crippen molar-refractivity contribution < 1.29 is 18.0 Å². The van der Waals surface area contributed by atoms with Gasteiger partial charge in [0.2, 0.25) is 15.9 Å². The monoisotopic (exact) mass is 464 g/mol. The van der Waals surface area contributed by atoms with E-state index in [1.165, 1.54) is 17.2 Å². The van der Waals surface area contributed by atoms with Gasteiger partial charge in [-0.15, -0.1) is 0 Å². The molecule has 2 heterocycles. The van der Waals surface area contributed by atoms with E-state index in [0.29, 0.717) is 28.2 Å². The molecule has 2 aromatic carbocycles. The molecule has 1 aliphatic heterocycles. The molecule has 0 radical (unpaired) electrons. The number of sulfonamides is 1. The average molecular weight is 465 g/mol. The van der Waals surface area contributed by atoms with Crippen molar-refractivity contribution in [1.82, 2.24) is 9.97 Å². The van der Waals surface area contributed by atoms with E-state index in [2.05, 4.69) is 9.71 Å². The lowest BCUT2D eigenvalue weighted by Gasteiger charge is -2.24. The fourth-order valence-corrected chi connectivity index (χ4v) is 4.04. The lowest BCUT2D eigenvalue weighted by Crippen LogP contribution is -2.32. The topological polar surface area (TPSA) is 109 Å². The average Bonchev–Trinajstić information content (AvgIpc) is 2.71. The lowest BCUT2D eigenvalue weighted by molar-refractivity contribution is -0.124. The Morgan fingerprint density at radius 3 is 2.24 bits per heavy atom. The number of fused-ring (bicyclic) bond motifs is 1. The number of carbonyl (C=O) groups is 2. The van der Waals surface area contributed by atoms with Gasteiger partial charge in [-0.3, -0.25) is 19.2 Å². The third-order valence-electron chi connectivity index (χ3n) is 5.10. The Hall–Kier alpha value is -3.59. The van der Waals surface area contributed by atoms with Crippen molar-refractivity contribution in [2.24, 2.45) is 0 Å². The van der Waals surface area contributed by atoms with E-state index in [1.807, 2.05) is 51.1 Å². The largest absolute Gasteiger partial charge is 0.294 e. The molecule has 4 rings (SSSR count). The van der Waals surface area contributed by atoms with Crippen molar-refractivity contribution in [3.05, 3.63) is 60.6 Å². The molecule has 0 saturated heterocycles. The minimum Gasteiger partial charge on any atom is -0.294 e. The third kappa shape index (κ3) is 4.93. The number of ketones is 1. The highest BCUT2D eigenvalue weighted by Crippen LogP contribution is 2.33. The highest BCUT2D eigenvalue weighted by molar-refractivity contribution is 7.92. The second-order valence-corrected chi connectivity index (χ2v) is 10.8. The predicted octanol–water partition coefficient (Wildman–Crippen LogP) is 3.79. The highest BCUT2D eigenvalue weighted by atomic mass is 32.2. The summed E-state index contributed by atoms with van der Waals surface area (Å²) in [6.07, 6.45) is 3.75. The summed E-state index contributed by atoms with van der Waals surface area (Å²) in [6.45, 7) is 5.98. The molecule has 0 bridgehead atoms. The molecule has 0 unspecified atom stereocenters. The Bertz CT molecular complexity index is 1400. The molecule has 33 heavy (non-hydrogen) atoms. The number of benzene rings is 2. The van der Waals surface area contributed by atoms with E-state index in [9.17, 15) is 18.0 Å². The van der Waals surface area contributed by atoms with Crippen LogP contribution in [0.1, 0.15) is 33.0 Å². The molecule has 1 N–H and O–H groups in total. The number of allylic oxidation sites excluding steroid dienone is 1. The van der Waals surface area contributed by atoms with E-state index in [-0.39, 0.29) is 23.5 Å². The number of aromatic nitrogens is 2. The maximum absolute atomic E-state index is 12.6. The molecule has 0 saturated carbocycles. The molecular formula is C24H24N4O4S. The summed E-state index contributed by atoms with van der Waals surface area (Å²) in [5.74, 6) is 0.452. The maximum atomic E-state index is 12.6. The summed E-state index contributed by atoms with van der Waals surface area (Å²) in [5.41, 5.74) is 2.54. The molecule has 1 amide bonds. The number of anilines is 2. The number of hydrogen-bond donors (Lipinski definition) is 1. The first kappa shape index (κ1) is 22.6. The van der Waals surface area contributed by atoms with Gasteiger partial charge in [0.1, 0.15) is 5.82 Å². The number of hydrogen-bond acceptors (Lipinski definition) is 6. The van der Waals surface area contributed by atoms with Gasteiger partial charge < -0.3 is 0 Å². The molecule has 170 valence electrons.